The second kappa shape index (κ2) is 5.57. The quantitative estimate of drug-likeness (QED) is 0.697. The van der Waals surface area contributed by atoms with E-state index in [1.165, 1.54) is 0 Å². The predicted octanol–water partition coefficient (Wildman–Crippen LogP) is 3.59. The fourth-order valence-electron chi connectivity index (χ4n) is 3.34. The van der Waals surface area contributed by atoms with Crippen LogP contribution in [0.5, 0.6) is 0 Å². The highest BCUT2D eigenvalue weighted by Gasteiger charge is 2.25. The molecule has 2 N–H and O–H groups in total. The van der Waals surface area contributed by atoms with E-state index >= 15 is 0 Å². The standard InChI is InChI=1S/C20H19N3O/c1-14-11-16(21)8-9-18(14)20(24)23-13-17-6-4-10-22(17)12-15-5-2-3-7-19(15)23/h2-11H,12-13,21H2,1H3. The molecule has 0 aliphatic carbocycles. The van der Waals surface area contributed by atoms with E-state index < -0.39 is 0 Å². The van der Waals surface area contributed by atoms with E-state index in [1.54, 1.807) is 6.07 Å². The maximum atomic E-state index is 13.3. The van der Waals surface area contributed by atoms with Gasteiger partial charge in [0.1, 0.15) is 0 Å². The van der Waals surface area contributed by atoms with Crippen molar-refractivity contribution in [2.45, 2.75) is 20.0 Å². The van der Waals surface area contributed by atoms with Crippen molar-refractivity contribution in [1.29, 1.82) is 0 Å². The van der Waals surface area contributed by atoms with Crippen LogP contribution in [0.25, 0.3) is 0 Å². The van der Waals surface area contributed by atoms with E-state index in [0.29, 0.717) is 17.8 Å². The van der Waals surface area contributed by atoms with Crippen LogP contribution in [0.4, 0.5) is 11.4 Å². The van der Waals surface area contributed by atoms with Gasteiger partial charge in [-0.15, -0.1) is 0 Å². The van der Waals surface area contributed by atoms with Gasteiger partial charge in [-0.2, -0.15) is 0 Å². The zero-order valence-corrected chi connectivity index (χ0v) is 13.6. The average molecular weight is 317 g/mol. The maximum absolute atomic E-state index is 13.3. The molecule has 24 heavy (non-hydrogen) atoms. The van der Waals surface area contributed by atoms with Crippen molar-refractivity contribution < 1.29 is 4.79 Å². The Morgan fingerprint density at radius 2 is 1.88 bits per heavy atom. The van der Waals surface area contributed by atoms with Crippen LogP contribution in [0.3, 0.4) is 0 Å². The van der Waals surface area contributed by atoms with E-state index in [9.17, 15) is 4.79 Å². The van der Waals surface area contributed by atoms with Crippen LogP contribution >= 0.6 is 0 Å². The average Bonchev–Trinajstić information content (AvgIpc) is 2.93. The molecule has 4 rings (SSSR count). The van der Waals surface area contributed by atoms with Crippen LogP contribution in [0.2, 0.25) is 0 Å². The van der Waals surface area contributed by atoms with Gasteiger partial charge >= 0.3 is 0 Å². The van der Waals surface area contributed by atoms with Gasteiger partial charge < -0.3 is 15.2 Å². The van der Waals surface area contributed by atoms with Crippen molar-refractivity contribution in [2.75, 3.05) is 10.6 Å². The van der Waals surface area contributed by atoms with E-state index in [4.69, 9.17) is 5.73 Å². The molecule has 0 saturated carbocycles. The number of nitrogens with two attached hydrogens (primary N) is 1. The number of aryl methyl sites for hydroxylation is 1. The number of hydrogen-bond acceptors (Lipinski definition) is 2. The number of fused-ring (bicyclic) bond motifs is 2. The number of anilines is 2. The van der Waals surface area contributed by atoms with Gasteiger partial charge in [0.25, 0.3) is 5.91 Å². The number of carbonyl (C=O) groups is 1. The molecule has 0 fully saturated rings. The van der Waals surface area contributed by atoms with Crippen molar-refractivity contribution in [3.63, 3.8) is 0 Å². The predicted molar refractivity (Wildman–Crippen MR) is 96.1 cm³/mol. The van der Waals surface area contributed by atoms with Gasteiger partial charge in [0.2, 0.25) is 0 Å². The molecule has 0 atom stereocenters. The largest absolute Gasteiger partial charge is 0.399 e. The van der Waals surface area contributed by atoms with Crippen LogP contribution in [0.15, 0.2) is 60.8 Å². The first-order chi connectivity index (χ1) is 11.6. The van der Waals surface area contributed by atoms with Crippen LogP contribution in [0, 0.1) is 6.92 Å². The summed E-state index contributed by atoms with van der Waals surface area (Å²) in [6.07, 6.45) is 2.06. The highest BCUT2D eigenvalue weighted by atomic mass is 16.2. The summed E-state index contributed by atoms with van der Waals surface area (Å²) in [5.41, 5.74) is 11.4. The molecule has 2 heterocycles. The third-order valence-electron chi connectivity index (χ3n) is 4.59. The van der Waals surface area contributed by atoms with E-state index in [-0.39, 0.29) is 5.91 Å². The van der Waals surface area contributed by atoms with Gasteiger partial charge in [-0.05, 0) is 54.4 Å². The number of nitrogen functional groups attached to an aromatic ring is 1. The smallest absolute Gasteiger partial charge is 0.258 e. The normalized spacial score (nSPS) is 13.1. The van der Waals surface area contributed by atoms with Crippen molar-refractivity contribution in [3.8, 4) is 0 Å². The second-order valence-corrected chi connectivity index (χ2v) is 6.22. The van der Waals surface area contributed by atoms with Gasteiger partial charge in [0.05, 0.1) is 6.54 Å². The lowest BCUT2D eigenvalue weighted by molar-refractivity contribution is 0.0984. The zero-order valence-electron chi connectivity index (χ0n) is 13.6. The van der Waals surface area contributed by atoms with E-state index in [1.807, 2.05) is 48.2 Å². The molecule has 0 spiro atoms. The summed E-state index contributed by atoms with van der Waals surface area (Å²) in [6, 6.07) is 17.7. The van der Waals surface area contributed by atoms with Gasteiger partial charge in [-0.3, -0.25) is 4.79 Å². The summed E-state index contributed by atoms with van der Waals surface area (Å²) < 4.78 is 2.20. The topological polar surface area (TPSA) is 51.3 Å². The Bertz CT molecular complexity index is 926. The lowest BCUT2D eigenvalue weighted by Crippen LogP contribution is -2.31. The SMILES string of the molecule is Cc1cc(N)ccc1C(=O)N1Cc2cccn2Cc2ccccc21. The van der Waals surface area contributed by atoms with Crippen molar-refractivity contribution in [3.05, 3.63) is 83.2 Å². The molecule has 0 saturated heterocycles. The Morgan fingerprint density at radius 3 is 2.71 bits per heavy atom. The molecule has 1 aromatic heterocycles. The van der Waals surface area contributed by atoms with Crippen LogP contribution in [-0.4, -0.2) is 10.5 Å². The molecular weight excluding hydrogens is 298 g/mol. The Labute approximate surface area is 141 Å². The minimum Gasteiger partial charge on any atom is -0.399 e. The molecule has 1 aliphatic heterocycles. The molecule has 0 bridgehead atoms. The van der Waals surface area contributed by atoms with Crippen LogP contribution in [-0.2, 0) is 13.1 Å². The second-order valence-electron chi connectivity index (χ2n) is 6.22. The number of rotatable bonds is 1. The molecule has 4 heteroatoms. The summed E-state index contributed by atoms with van der Waals surface area (Å²) >= 11 is 0. The Kier molecular flexibility index (Phi) is 3.38. The number of nitrogens with zero attached hydrogens (tertiary/aromatic N) is 2. The van der Waals surface area contributed by atoms with Crippen molar-refractivity contribution in [1.82, 2.24) is 4.57 Å². The molecule has 120 valence electrons. The van der Waals surface area contributed by atoms with Crippen molar-refractivity contribution in [2.24, 2.45) is 0 Å². The van der Waals surface area contributed by atoms with E-state index in [0.717, 1.165) is 29.1 Å². The molecule has 0 unspecified atom stereocenters. The first-order valence-electron chi connectivity index (χ1n) is 8.03. The number of carbonyl (C=O) groups excluding carboxylic acids is 1. The fraction of sp³-hybridized carbons (Fsp3) is 0.150. The van der Waals surface area contributed by atoms with Gasteiger partial charge in [-0.25, -0.2) is 0 Å². The number of benzene rings is 2. The Morgan fingerprint density at radius 1 is 1.04 bits per heavy atom. The number of aromatic nitrogens is 1. The van der Waals surface area contributed by atoms with Gasteiger partial charge in [-0.1, -0.05) is 18.2 Å². The molecule has 3 aromatic rings. The monoisotopic (exact) mass is 317 g/mol. The highest BCUT2D eigenvalue weighted by Crippen LogP contribution is 2.29. The molecule has 0 radical (unpaired) electrons. The minimum atomic E-state index is 0.00889. The summed E-state index contributed by atoms with van der Waals surface area (Å²) in [7, 11) is 0. The third-order valence-corrected chi connectivity index (χ3v) is 4.59. The van der Waals surface area contributed by atoms with Crippen LogP contribution < -0.4 is 10.6 Å². The molecular formula is C20H19N3O. The molecule has 1 amide bonds. The molecule has 4 nitrogen and oxygen atoms in total. The van der Waals surface area contributed by atoms with Gasteiger partial charge in [0.15, 0.2) is 0 Å². The molecule has 1 aliphatic rings. The first-order valence-corrected chi connectivity index (χ1v) is 8.03. The first kappa shape index (κ1) is 14.6. The number of hydrogen-bond donors (Lipinski definition) is 1. The summed E-state index contributed by atoms with van der Waals surface area (Å²) in [6.45, 7) is 3.27. The fourth-order valence-corrected chi connectivity index (χ4v) is 3.34. The summed E-state index contributed by atoms with van der Waals surface area (Å²) in [4.78, 5) is 15.1. The Balaban J connectivity index is 1.83. The number of para-hydroxylation sites is 1. The maximum Gasteiger partial charge on any atom is 0.258 e. The minimum absolute atomic E-state index is 0.00889. The molecule has 2 aromatic carbocycles. The van der Waals surface area contributed by atoms with Crippen LogP contribution in [0.1, 0.15) is 27.2 Å². The zero-order chi connectivity index (χ0) is 16.7. The lowest BCUT2D eigenvalue weighted by Gasteiger charge is -2.23. The third kappa shape index (κ3) is 2.36. The summed E-state index contributed by atoms with van der Waals surface area (Å²) in [5.74, 6) is 0.00889. The van der Waals surface area contributed by atoms with Gasteiger partial charge in [0, 0.05) is 35.4 Å². The summed E-state index contributed by atoms with van der Waals surface area (Å²) in [5, 5.41) is 0. The Hall–Kier alpha value is -3.01. The highest BCUT2D eigenvalue weighted by molar-refractivity contribution is 6.07. The lowest BCUT2D eigenvalue weighted by atomic mass is 10.1. The van der Waals surface area contributed by atoms with E-state index in [2.05, 4.69) is 22.9 Å². The van der Waals surface area contributed by atoms with Crippen molar-refractivity contribution >= 4 is 17.3 Å². The number of amides is 1.